The number of thiazole rings is 1. The van der Waals surface area contributed by atoms with Crippen molar-refractivity contribution >= 4 is 51.2 Å². The number of nitrogens with one attached hydrogen (secondary N) is 2. The molecule has 288 valence electrons. The van der Waals surface area contributed by atoms with Crippen molar-refractivity contribution in [1.82, 2.24) is 20.1 Å². The number of carbonyl (C=O) groups excluding carboxylic acids is 1. The quantitative estimate of drug-likeness (QED) is 0.0576. The third-order valence-electron chi connectivity index (χ3n) is 10.5. The lowest BCUT2D eigenvalue weighted by atomic mass is 9.75. The molecule has 7 nitrogen and oxygen atoms in total. The Labute approximate surface area is 325 Å². The molecule has 2 aliphatic rings. The van der Waals surface area contributed by atoms with E-state index in [0.29, 0.717) is 10.7 Å². The van der Waals surface area contributed by atoms with Crippen LogP contribution in [0.5, 0.6) is 0 Å². The van der Waals surface area contributed by atoms with Crippen molar-refractivity contribution in [2.45, 2.75) is 96.3 Å². The molecule has 2 saturated carbocycles. The molecule has 1 aromatic heterocycles. The largest absolute Gasteiger partial charge is 0.376 e. The topological polar surface area (TPSA) is 86.5 Å². The van der Waals surface area contributed by atoms with Crippen LogP contribution >= 0.6 is 35.2 Å². The van der Waals surface area contributed by atoms with Crippen molar-refractivity contribution < 1.29 is 13.6 Å². The number of hydrogen-bond acceptors (Lipinski definition) is 7. The van der Waals surface area contributed by atoms with E-state index in [2.05, 4.69) is 65.7 Å². The van der Waals surface area contributed by atoms with Crippen LogP contribution in [-0.2, 0) is 15.6 Å². The van der Waals surface area contributed by atoms with E-state index < -0.39 is 5.41 Å². The van der Waals surface area contributed by atoms with Gasteiger partial charge < -0.3 is 21.3 Å². The third-order valence-corrected chi connectivity index (χ3v) is 11.7. The first kappa shape index (κ1) is 43.7. The first-order valence-electron chi connectivity index (χ1n) is 18.9. The summed E-state index contributed by atoms with van der Waals surface area (Å²) in [6.07, 6.45) is 8.73. The van der Waals surface area contributed by atoms with E-state index in [1.54, 1.807) is 41.7 Å². The molecule has 0 atom stereocenters. The number of aromatic nitrogens is 1. The van der Waals surface area contributed by atoms with Crippen LogP contribution in [0.25, 0.3) is 0 Å². The lowest BCUT2D eigenvalue weighted by molar-refractivity contribution is -0.122. The molecule has 0 aliphatic heterocycles. The van der Waals surface area contributed by atoms with Crippen molar-refractivity contribution in [3.8, 4) is 0 Å². The van der Waals surface area contributed by atoms with Crippen molar-refractivity contribution in [3.05, 3.63) is 82.4 Å². The van der Waals surface area contributed by atoms with Crippen LogP contribution in [0.15, 0.2) is 53.9 Å². The fourth-order valence-electron chi connectivity index (χ4n) is 7.39. The van der Waals surface area contributed by atoms with Crippen LogP contribution in [-0.4, -0.2) is 77.5 Å². The average molecular weight is 778 g/mol. The molecule has 5 rings (SSSR count). The molecular weight excluding hydrogens is 718 g/mol. The molecular formula is C40H59ClF2N6OS2. The molecule has 0 unspecified atom stereocenters. The van der Waals surface area contributed by atoms with Gasteiger partial charge in [-0.25, -0.2) is 13.8 Å². The van der Waals surface area contributed by atoms with Gasteiger partial charge in [-0.1, -0.05) is 89.8 Å². The number of nitrogens with two attached hydrogens (primary N) is 1. The Balaban J connectivity index is 0.000000238. The summed E-state index contributed by atoms with van der Waals surface area (Å²) in [6, 6.07) is 13.8. The summed E-state index contributed by atoms with van der Waals surface area (Å²) in [7, 11) is 0. The lowest BCUT2D eigenvalue weighted by Crippen LogP contribution is -2.39. The predicted octanol–water partition coefficient (Wildman–Crippen LogP) is 8.85. The van der Waals surface area contributed by atoms with Gasteiger partial charge in [0.05, 0.1) is 23.7 Å². The first-order valence-corrected chi connectivity index (χ1v) is 20.7. The Kier molecular flexibility index (Phi) is 18.9. The highest BCUT2D eigenvalue weighted by Crippen LogP contribution is 2.48. The smallest absolute Gasteiger partial charge is 0.182 e. The summed E-state index contributed by atoms with van der Waals surface area (Å²) < 4.78 is 28.3. The zero-order valence-corrected chi connectivity index (χ0v) is 33.9. The van der Waals surface area contributed by atoms with Crippen LogP contribution in [0.4, 0.5) is 13.9 Å². The minimum absolute atomic E-state index is 0.0334. The molecule has 0 spiro atoms. The maximum Gasteiger partial charge on any atom is 0.182 e. The second-order valence-corrected chi connectivity index (χ2v) is 15.0. The highest BCUT2D eigenvalue weighted by molar-refractivity contribution is 7.80. The van der Waals surface area contributed by atoms with Gasteiger partial charge >= 0.3 is 0 Å². The minimum atomic E-state index is -0.660. The molecule has 12 heteroatoms. The number of rotatable bonds is 16. The number of nitrogens with zero attached hydrogens (tertiary/aromatic N) is 3. The van der Waals surface area contributed by atoms with Gasteiger partial charge in [0.1, 0.15) is 11.6 Å². The normalized spacial score (nSPS) is 15.8. The molecule has 2 aromatic carbocycles. The molecule has 2 fully saturated rings. The van der Waals surface area contributed by atoms with E-state index in [1.807, 2.05) is 12.1 Å². The monoisotopic (exact) mass is 776 g/mol. The van der Waals surface area contributed by atoms with Crippen molar-refractivity contribution in [2.75, 3.05) is 57.1 Å². The highest BCUT2D eigenvalue weighted by atomic mass is 35.5. The number of halogens is 3. The second-order valence-electron chi connectivity index (χ2n) is 13.4. The number of carbonyl (C=O) groups is 1. The Bertz CT molecular complexity index is 1500. The average Bonchev–Trinajstić information content (AvgIpc) is 3.96. The van der Waals surface area contributed by atoms with Gasteiger partial charge in [0, 0.05) is 22.9 Å². The van der Waals surface area contributed by atoms with E-state index in [1.165, 1.54) is 6.07 Å². The lowest BCUT2D eigenvalue weighted by Gasteiger charge is -2.28. The number of benzene rings is 2. The van der Waals surface area contributed by atoms with E-state index in [9.17, 15) is 13.6 Å². The Hall–Kier alpha value is -2.70. The maximum atomic E-state index is 14.5. The third kappa shape index (κ3) is 11.9. The predicted molar refractivity (Wildman–Crippen MR) is 219 cm³/mol. The molecule has 4 N–H and O–H groups in total. The van der Waals surface area contributed by atoms with Gasteiger partial charge in [-0.05, 0) is 94.7 Å². The van der Waals surface area contributed by atoms with Gasteiger partial charge in [0.15, 0.2) is 16.0 Å². The fourth-order valence-corrected chi connectivity index (χ4v) is 8.55. The van der Waals surface area contributed by atoms with Crippen LogP contribution in [0.2, 0.25) is 0 Å². The molecule has 0 saturated heterocycles. The number of ketones is 1. The Morgan fingerprint density at radius 3 is 1.94 bits per heavy atom. The van der Waals surface area contributed by atoms with E-state index in [0.717, 1.165) is 120 Å². The van der Waals surface area contributed by atoms with Crippen LogP contribution in [0.1, 0.15) is 102 Å². The molecule has 0 bridgehead atoms. The summed E-state index contributed by atoms with van der Waals surface area (Å²) in [5.41, 5.74) is 6.72. The van der Waals surface area contributed by atoms with Gasteiger partial charge in [-0.3, -0.25) is 9.69 Å². The Morgan fingerprint density at radius 1 is 0.885 bits per heavy atom. The molecule has 1 heterocycles. The summed E-state index contributed by atoms with van der Waals surface area (Å²) in [6.45, 7) is 15.6. The van der Waals surface area contributed by atoms with Crippen molar-refractivity contribution in [2.24, 2.45) is 5.73 Å². The zero-order chi connectivity index (χ0) is 38.0. The number of hydrogen-bond donors (Lipinski definition) is 3. The maximum absolute atomic E-state index is 14.5. The van der Waals surface area contributed by atoms with Gasteiger partial charge in [0.2, 0.25) is 0 Å². The zero-order valence-electron chi connectivity index (χ0n) is 31.5. The second kappa shape index (κ2) is 22.5. The molecule has 52 heavy (non-hydrogen) atoms. The number of thiocarbonyl (C=S) groups is 1. The van der Waals surface area contributed by atoms with E-state index >= 15 is 0 Å². The SMILES string of the molecule is CCN(CC)CCCNc1nc(C2(c3ccccc3F)CCCC2)cs1.CCN(CC)CNC(N)=S.O=C(CCl)C1(c2ccccc2F)CCCC1. The summed E-state index contributed by atoms with van der Waals surface area (Å²) in [5, 5.41) is 9.80. The number of alkyl halides is 1. The number of anilines is 1. The van der Waals surface area contributed by atoms with Crippen LogP contribution < -0.4 is 16.4 Å². The fraction of sp³-hybridized carbons (Fsp3) is 0.575. The van der Waals surface area contributed by atoms with Gasteiger partial charge in [-0.2, -0.15) is 0 Å². The minimum Gasteiger partial charge on any atom is -0.376 e. The summed E-state index contributed by atoms with van der Waals surface area (Å²) >= 11 is 11.9. The first-order chi connectivity index (χ1) is 25.1. The van der Waals surface area contributed by atoms with Crippen molar-refractivity contribution in [3.63, 3.8) is 0 Å². The summed E-state index contributed by atoms with van der Waals surface area (Å²) in [4.78, 5) is 21.5. The molecule has 3 aromatic rings. The summed E-state index contributed by atoms with van der Waals surface area (Å²) in [5.74, 6) is -0.468. The van der Waals surface area contributed by atoms with Crippen LogP contribution in [0, 0.1) is 11.6 Å². The Morgan fingerprint density at radius 2 is 1.42 bits per heavy atom. The van der Waals surface area contributed by atoms with Crippen LogP contribution in [0.3, 0.4) is 0 Å². The molecule has 0 amide bonds. The number of Topliss-reactive ketones (excluding diaryl/α,β-unsaturated/α-hetero) is 1. The van der Waals surface area contributed by atoms with E-state index in [-0.39, 0.29) is 28.7 Å². The van der Waals surface area contributed by atoms with Gasteiger partial charge in [-0.15, -0.1) is 22.9 Å². The van der Waals surface area contributed by atoms with E-state index in [4.69, 9.17) is 22.3 Å². The molecule has 0 radical (unpaired) electrons. The highest BCUT2D eigenvalue weighted by Gasteiger charge is 2.43. The molecule has 2 aliphatic carbocycles. The van der Waals surface area contributed by atoms with Gasteiger partial charge in [0.25, 0.3) is 0 Å². The van der Waals surface area contributed by atoms with Crippen molar-refractivity contribution in [1.29, 1.82) is 0 Å². The standard InChI is InChI=1S/C21H30FN3S.C13H14ClFO.C6H15N3S/c1-3-25(4-2)15-9-14-23-20-24-19(16-26-20)21(12-7-8-13-21)17-10-5-6-11-18(17)22;14-9-12(16)13(7-3-4-8-13)10-5-1-2-6-11(10)15;1-3-9(4-2)5-8-6(7)10/h5-6,10-11,16H,3-4,7-9,12-15H2,1-2H3,(H,23,24);1-2,5-6H,3-4,7-9H2;3-5H2,1-2H3,(H3,7,8,10).